The van der Waals surface area contributed by atoms with Gasteiger partial charge in [0.15, 0.2) is 11.2 Å². The molecule has 0 saturated carbocycles. The van der Waals surface area contributed by atoms with Crippen LogP contribution in [0.4, 0.5) is 11.6 Å². The number of hydrazone groups is 1. The number of benzene rings is 1. The number of hydrogen-bond donors (Lipinski definition) is 3. The van der Waals surface area contributed by atoms with Gasteiger partial charge in [-0.2, -0.15) is 10.1 Å². The summed E-state index contributed by atoms with van der Waals surface area (Å²) in [6.07, 6.45) is -0.788. The number of imidazole rings is 1. The molecule has 0 fully saturated rings. The lowest BCUT2D eigenvalue weighted by molar-refractivity contribution is -0.384. The van der Waals surface area contributed by atoms with Crippen LogP contribution in [0.15, 0.2) is 39.0 Å². The third-order valence-electron chi connectivity index (χ3n) is 4.27. The van der Waals surface area contributed by atoms with Crippen molar-refractivity contribution in [3.8, 4) is 0 Å². The standard InChI is InChI=1S/C17H19N7O5/c1-9(25)8-23-13-14(22(3)17(27)19-15(13)26)18-16(23)21-20-10(2)11-4-6-12(7-5-11)24(28)29/h4-7,9,25H,8H2,1-3H3,(H,18,21)(H,19,26,27)/b20-10-/t9-/m0/s1. The molecular formula is C17H19N7O5. The van der Waals surface area contributed by atoms with Crippen LogP contribution in [0.5, 0.6) is 0 Å². The lowest BCUT2D eigenvalue weighted by Gasteiger charge is -2.10. The van der Waals surface area contributed by atoms with Crippen LogP contribution < -0.4 is 16.7 Å². The van der Waals surface area contributed by atoms with Crippen molar-refractivity contribution in [2.24, 2.45) is 12.1 Å². The summed E-state index contributed by atoms with van der Waals surface area (Å²) in [5.41, 5.74) is 2.90. The van der Waals surface area contributed by atoms with E-state index in [4.69, 9.17) is 0 Å². The highest BCUT2D eigenvalue weighted by Gasteiger charge is 2.18. The molecule has 0 spiro atoms. The number of nitrogens with zero attached hydrogens (tertiary/aromatic N) is 5. The largest absolute Gasteiger partial charge is 0.392 e. The minimum absolute atomic E-state index is 0.0339. The number of non-ortho nitro benzene ring substituents is 1. The number of aryl methyl sites for hydroxylation is 1. The van der Waals surface area contributed by atoms with E-state index in [9.17, 15) is 24.8 Å². The van der Waals surface area contributed by atoms with Crippen LogP contribution in [0.25, 0.3) is 11.2 Å². The quantitative estimate of drug-likeness (QED) is 0.309. The van der Waals surface area contributed by atoms with E-state index in [1.54, 1.807) is 26.0 Å². The molecule has 0 aliphatic rings. The molecule has 0 bridgehead atoms. The molecule has 152 valence electrons. The molecule has 3 aromatic rings. The van der Waals surface area contributed by atoms with E-state index in [0.29, 0.717) is 11.3 Å². The molecule has 3 N–H and O–H groups in total. The lowest BCUT2D eigenvalue weighted by atomic mass is 10.1. The fourth-order valence-electron chi connectivity index (χ4n) is 2.78. The van der Waals surface area contributed by atoms with Crippen LogP contribution >= 0.6 is 0 Å². The molecule has 1 aromatic carbocycles. The number of nitrogens with one attached hydrogen (secondary N) is 2. The first-order valence-electron chi connectivity index (χ1n) is 8.61. The Morgan fingerprint density at radius 2 is 2.03 bits per heavy atom. The zero-order valence-electron chi connectivity index (χ0n) is 15.9. The summed E-state index contributed by atoms with van der Waals surface area (Å²) in [6, 6.07) is 5.86. The summed E-state index contributed by atoms with van der Waals surface area (Å²) in [7, 11) is 1.47. The van der Waals surface area contributed by atoms with E-state index in [0.717, 1.165) is 0 Å². The maximum atomic E-state index is 12.3. The maximum absolute atomic E-state index is 12.3. The third kappa shape index (κ3) is 3.91. The molecular weight excluding hydrogens is 382 g/mol. The number of aromatic amines is 1. The minimum Gasteiger partial charge on any atom is -0.392 e. The van der Waals surface area contributed by atoms with Crippen molar-refractivity contribution in [2.45, 2.75) is 26.5 Å². The second-order valence-corrected chi connectivity index (χ2v) is 6.50. The number of nitro benzene ring substituents is 1. The van der Waals surface area contributed by atoms with Gasteiger partial charge in [-0.25, -0.2) is 10.2 Å². The fourth-order valence-corrected chi connectivity index (χ4v) is 2.78. The van der Waals surface area contributed by atoms with E-state index < -0.39 is 22.3 Å². The molecule has 0 unspecified atom stereocenters. The van der Waals surface area contributed by atoms with Crippen molar-refractivity contribution in [3.05, 3.63) is 60.8 Å². The van der Waals surface area contributed by atoms with E-state index in [1.807, 2.05) is 0 Å². The van der Waals surface area contributed by atoms with Crippen LogP contribution in [0.1, 0.15) is 19.4 Å². The number of rotatable bonds is 6. The molecule has 0 aliphatic heterocycles. The number of H-pyrrole nitrogens is 1. The molecule has 12 heteroatoms. The normalized spacial score (nSPS) is 12.9. The summed E-state index contributed by atoms with van der Waals surface area (Å²) in [5.74, 6) is 0.161. The number of nitro groups is 1. The number of aliphatic hydroxyl groups excluding tert-OH is 1. The van der Waals surface area contributed by atoms with Crippen molar-refractivity contribution >= 4 is 28.5 Å². The van der Waals surface area contributed by atoms with Crippen molar-refractivity contribution in [3.63, 3.8) is 0 Å². The molecule has 0 saturated heterocycles. The SMILES string of the molecule is C/C(=N/Nc1nc2c(c(=O)[nH]c(=O)n2C)n1C[C@H](C)O)c1ccc([N+](=O)[O-])cc1. The predicted molar refractivity (Wildman–Crippen MR) is 106 cm³/mol. The Labute approximate surface area is 163 Å². The second-order valence-electron chi connectivity index (χ2n) is 6.50. The van der Waals surface area contributed by atoms with Crippen LogP contribution in [0, 0.1) is 10.1 Å². The van der Waals surface area contributed by atoms with Gasteiger partial charge in [0.25, 0.3) is 11.2 Å². The highest BCUT2D eigenvalue weighted by molar-refractivity contribution is 5.99. The van der Waals surface area contributed by atoms with Crippen molar-refractivity contribution in [1.82, 2.24) is 19.1 Å². The molecule has 0 radical (unpaired) electrons. The Morgan fingerprint density at radius 3 is 2.62 bits per heavy atom. The Hall–Kier alpha value is -3.80. The molecule has 0 aliphatic carbocycles. The summed E-state index contributed by atoms with van der Waals surface area (Å²) >= 11 is 0. The topological polar surface area (TPSA) is 160 Å². The van der Waals surface area contributed by atoms with Gasteiger partial charge in [-0.15, -0.1) is 0 Å². The van der Waals surface area contributed by atoms with Gasteiger partial charge >= 0.3 is 5.69 Å². The first kappa shape index (κ1) is 19.9. The molecule has 3 rings (SSSR count). The van der Waals surface area contributed by atoms with Gasteiger partial charge in [-0.1, -0.05) is 0 Å². The van der Waals surface area contributed by atoms with Crippen LogP contribution in [-0.4, -0.2) is 40.9 Å². The van der Waals surface area contributed by atoms with Gasteiger partial charge in [0.2, 0.25) is 5.95 Å². The van der Waals surface area contributed by atoms with E-state index in [1.165, 1.54) is 28.3 Å². The van der Waals surface area contributed by atoms with E-state index in [2.05, 4.69) is 20.5 Å². The lowest BCUT2D eigenvalue weighted by Crippen LogP contribution is -2.29. The highest BCUT2D eigenvalue weighted by atomic mass is 16.6. The third-order valence-corrected chi connectivity index (χ3v) is 4.27. The summed E-state index contributed by atoms with van der Waals surface area (Å²) < 4.78 is 2.62. The molecule has 29 heavy (non-hydrogen) atoms. The molecule has 0 amide bonds. The first-order valence-corrected chi connectivity index (χ1v) is 8.61. The Kier molecular flexibility index (Phi) is 5.28. The van der Waals surface area contributed by atoms with Gasteiger partial charge < -0.3 is 9.67 Å². The summed E-state index contributed by atoms with van der Waals surface area (Å²) in [4.78, 5) is 40.9. The van der Waals surface area contributed by atoms with Gasteiger partial charge in [0.05, 0.1) is 23.3 Å². The average molecular weight is 401 g/mol. The Balaban J connectivity index is 2.02. The number of aliphatic hydroxyl groups is 1. The number of anilines is 1. The average Bonchev–Trinajstić information content (AvgIpc) is 3.02. The highest BCUT2D eigenvalue weighted by Crippen LogP contribution is 2.17. The number of aromatic nitrogens is 4. The van der Waals surface area contributed by atoms with Crippen molar-refractivity contribution in [2.75, 3.05) is 5.43 Å². The van der Waals surface area contributed by atoms with E-state index in [-0.39, 0.29) is 29.3 Å². The zero-order chi connectivity index (χ0) is 21.3. The Bertz CT molecular complexity index is 1220. The van der Waals surface area contributed by atoms with Gasteiger partial charge in [-0.3, -0.25) is 24.5 Å². The fraction of sp³-hybridized carbons (Fsp3) is 0.294. The van der Waals surface area contributed by atoms with E-state index >= 15 is 0 Å². The predicted octanol–water partition coefficient (Wildman–Crippen LogP) is 0.548. The number of fused-ring (bicyclic) bond motifs is 1. The monoisotopic (exact) mass is 401 g/mol. The van der Waals surface area contributed by atoms with Crippen LogP contribution in [-0.2, 0) is 13.6 Å². The molecule has 2 aromatic heterocycles. The van der Waals surface area contributed by atoms with Crippen LogP contribution in [0.2, 0.25) is 0 Å². The smallest absolute Gasteiger partial charge is 0.329 e. The van der Waals surface area contributed by atoms with Gasteiger partial charge in [0.1, 0.15) is 0 Å². The molecule has 2 heterocycles. The summed E-state index contributed by atoms with van der Waals surface area (Å²) in [5, 5.41) is 24.8. The van der Waals surface area contributed by atoms with Crippen molar-refractivity contribution in [1.29, 1.82) is 0 Å². The van der Waals surface area contributed by atoms with Gasteiger partial charge in [0, 0.05) is 19.2 Å². The zero-order valence-corrected chi connectivity index (χ0v) is 15.9. The Morgan fingerprint density at radius 1 is 1.38 bits per heavy atom. The minimum atomic E-state index is -0.788. The first-order chi connectivity index (χ1) is 13.7. The second kappa shape index (κ2) is 7.67. The molecule has 1 atom stereocenters. The van der Waals surface area contributed by atoms with Crippen LogP contribution in [0.3, 0.4) is 0 Å². The summed E-state index contributed by atoms with van der Waals surface area (Å²) in [6.45, 7) is 3.29. The maximum Gasteiger partial charge on any atom is 0.329 e. The van der Waals surface area contributed by atoms with Gasteiger partial charge in [-0.05, 0) is 31.5 Å². The molecule has 12 nitrogen and oxygen atoms in total. The number of hydrogen-bond acceptors (Lipinski definition) is 8. The van der Waals surface area contributed by atoms with Crippen molar-refractivity contribution < 1.29 is 10.0 Å².